The summed E-state index contributed by atoms with van der Waals surface area (Å²) in [5.74, 6) is 0. The molecule has 0 radical (unpaired) electrons. The van der Waals surface area contributed by atoms with Crippen LogP contribution in [0.1, 0.15) is 13.3 Å². The average molecular weight is 217 g/mol. The topological polar surface area (TPSA) is 3.24 Å². The third-order valence-corrected chi connectivity index (χ3v) is 1.86. The van der Waals surface area contributed by atoms with Crippen LogP contribution >= 0.6 is 12.4 Å². The molecule has 0 fully saturated rings. The minimum absolute atomic E-state index is 0. The summed E-state index contributed by atoms with van der Waals surface area (Å²) >= 11 is 0. The molecule has 0 heterocycles. The highest BCUT2D eigenvalue weighted by molar-refractivity contribution is 5.85. The van der Waals surface area contributed by atoms with Crippen LogP contribution in [0.2, 0.25) is 0 Å². The molecule has 78 valence electrons. The molecule has 4 heteroatoms. The molecule has 0 aromatic carbocycles. The second kappa shape index (κ2) is 6.96. The van der Waals surface area contributed by atoms with Gasteiger partial charge in [-0.2, -0.15) is 0 Å². The number of quaternary nitrogens is 1. The minimum atomic E-state index is 0. The lowest BCUT2D eigenvalue weighted by molar-refractivity contribution is -0.907. The average Bonchev–Trinajstić information content (AvgIpc) is 1.60. The summed E-state index contributed by atoms with van der Waals surface area (Å²) in [4.78, 5) is 2.28. The highest BCUT2D eigenvalue weighted by Gasteiger charge is 2.22. The molecule has 0 aliphatic carbocycles. The largest absolute Gasteiger partial charge is 1.00 e. The second-order valence-corrected chi connectivity index (χ2v) is 3.97. The maximum atomic E-state index is 2.28. The molecule has 0 aliphatic heterocycles. The zero-order chi connectivity index (χ0) is 8.36. The fourth-order valence-corrected chi connectivity index (χ4v) is 1.61. The van der Waals surface area contributed by atoms with Crippen LogP contribution in [0.5, 0.6) is 0 Å². The van der Waals surface area contributed by atoms with Gasteiger partial charge in [0.05, 0.1) is 21.1 Å². The Morgan fingerprint density at radius 2 is 1.50 bits per heavy atom. The Kier molecular flexibility index (Phi) is 10.6. The van der Waals surface area contributed by atoms with Crippen molar-refractivity contribution >= 4 is 12.4 Å². The van der Waals surface area contributed by atoms with E-state index in [0.29, 0.717) is 6.17 Å². The van der Waals surface area contributed by atoms with Crippen molar-refractivity contribution in [3.8, 4) is 0 Å². The molecular weight excluding hydrogens is 195 g/mol. The van der Waals surface area contributed by atoms with Gasteiger partial charge in [0, 0.05) is 6.42 Å². The molecule has 0 aromatic rings. The van der Waals surface area contributed by atoms with Crippen LogP contribution in [0.25, 0.3) is 0 Å². The second-order valence-electron chi connectivity index (χ2n) is 3.97. The SMILES string of the molecule is CCC(N(C)C)[N+](C)(C)C.Cl.[Cl-]. The van der Waals surface area contributed by atoms with Crippen molar-refractivity contribution in [3.63, 3.8) is 0 Å². The van der Waals surface area contributed by atoms with E-state index in [2.05, 4.69) is 47.1 Å². The monoisotopic (exact) mass is 216 g/mol. The van der Waals surface area contributed by atoms with Crippen molar-refractivity contribution in [2.45, 2.75) is 19.5 Å². The third kappa shape index (κ3) is 6.06. The van der Waals surface area contributed by atoms with Crippen LogP contribution in [-0.4, -0.2) is 50.8 Å². The van der Waals surface area contributed by atoms with Crippen LogP contribution < -0.4 is 12.4 Å². The molecule has 1 unspecified atom stereocenters. The van der Waals surface area contributed by atoms with E-state index in [0.717, 1.165) is 4.48 Å². The smallest absolute Gasteiger partial charge is 0.143 e. The van der Waals surface area contributed by atoms with Gasteiger partial charge in [-0.05, 0) is 14.1 Å². The molecule has 0 aliphatic rings. The lowest BCUT2D eigenvalue weighted by Crippen LogP contribution is -3.00. The van der Waals surface area contributed by atoms with Crippen molar-refractivity contribution in [2.75, 3.05) is 35.2 Å². The van der Waals surface area contributed by atoms with Crippen molar-refractivity contribution < 1.29 is 16.9 Å². The fraction of sp³-hybridized carbons (Fsp3) is 1.00. The normalized spacial score (nSPS) is 13.2. The Balaban J connectivity index is -0.000000405. The first-order valence-corrected chi connectivity index (χ1v) is 3.87. The van der Waals surface area contributed by atoms with Crippen molar-refractivity contribution in [2.24, 2.45) is 0 Å². The van der Waals surface area contributed by atoms with Crippen LogP contribution in [0.15, 0.2) is 0 Å². The number of nitrogens with zero attached hydrogens (tertiary/aromatic N) is 2. The van der Waals surface area contributed by atoms with Gasteiger partial charge in [-0.25, -0.2) is 0 Å². The molecule has 0 saturated heterocycles. The van der Waals surface area contributed by atoms with Gasteiger partial charge >= 0.3 is 0 Å². The summed E-state index contributed by atoms with van der Waals surface area (Å²) in [6.45, 7) is 2.23. The van der Waals surface area contributed by atoms with Crippen LogP contribution in [0.4, 0.5) is 0 Å². The van der Waals surface area contributed by atoms with Crippen molar-refractivity contribution in [1.82, 2.24) is 4.90 Å². The van der Waals surface area contributed by atoms with Gasteiger partial charge in [-0.15, -0.1) is 12.4 Å². The Bertz CT molecular complexity index is 99.7. The molecule has 0 amide bonds. The molecule has 2 nitrogen and oxygen atoms in total. The van der Waals surface area contributed by atoms with Crippen molar-refractivity contribution in [3.05, 3.63) is 0 Å². The minimum Gasteiger partial charge on any atom is -1.00 e. The van der Waals surface area contributed by atoms with Gasteiger partial charge in [0.15, 0.2) is 0 Å². The summed E-state index contributed by atoms with van der Waals surface area (Å²) in [5, 5.41) is 0. The number of halogens is 2. The molecular formula is C8H22Cl2N2. The fourth-order valence-electron chi connectivity index (χ4n) is 1.61. The first kappa shape index (κ1) is 18.3. The van der Waals surface area contributed by atoms with Gasteiger partial charge in [-0.3, -0.25) is 4.90 Å². The molecule has 0 bridgehead atoms. The van der Waals surface area contributed by atoms with Gasteiger partial charge in [0.1, 0.15) is 6.17 Å². The van der Waals surface area contributed by atoms with E-state index in [1.807, 2.05) is 0 Å². The number of hydrogen-bond donors (Lipinski definition) is 0. The summed E-state index contributed by atoms with van der Waals surface area (Å²) in [7, 11) is 11.0. The lowest BCUT2D eigenvalue weighted by Gasteiger charge is -2.37. The van der Waals surface area contributed by atoms with E-state index >= 15 is 0 Å². The summed E-state index contributed by atoms with van der Waals surface area (Å²) in [5.41, 5.74) is 0. The summed E-state index contributed by atoms with van der Waals surface area (Å²) < 4.78 is 1.02. The Morgan fingerprint density at radius 1 is 1.17 bits per heavy atom. The number of hydrogen-bond acceptors (Lipinski definition) is 1. The Morgan fingerprint density at radius 3 is 1.50 bits per heavy atom. The van der Waals surface area contributed by atoms with E-state index in [1.54, 1.807) is 0 Å². The van der Waals surface area contributed by atoms with Gasteiger partial charge in [0.2, 0.25) is 0 Å². The summed E-state index contributed by atoms with van der Waals surface area (Å²) in [6.07, 6.45) is 1.84. The van der Waals surface area contributed by atoms with Crippen LogP contribution in [-0.2, 0) is 0 Å². The zero-order valence-electron chi connectivity index (χ0n) is 8.97. The van der Waals surface area contributed by atoms with Gasteiger partial charge in [-0.1, -0.05) is 6.92 Å². The van der Waals surface area contributed by atoms with E-state index in [9.17, 15) is 0 Å². The number of rotatable bonds is 3. The molecule has 0 aromatic heterocycles. The summed E-state index contributed by atoms with van der Waals surface area (Å²) in [6, 6.07) is 0. The third-order valence-electron chi connectivity index (χ3n) is 1.86. The first-order chi connectivity index (χ1) is 4.39. The molecule has 0 N–H and O–H groups in total. The van der Waals surface area contributed by atoms with Gasteiger partial charge < -0.3 is 16.9 Å². The Labute approximate surface area is 89.3 Å². The van der Waals surface area contributed by atoms with Crippen LogP contribution in [0, 0.1) is 0 Å². The van der Waals surface area contributed by atoms with E-state index < -0.39 is 0 Å². The lowest BCUT2D eigenvalue weighted by atomic mass is 10.3. The highest BCUT2D eigenvalue weighted by atomic mass is 35.5. The predicted molar refractivity (Wildman–Crippen MR) is 53.0 cm³/mol. The standard InChI is InChI=1S/C8H21N2.2ClH/c1-7-8(9(2)3)10(4,5)6;;/h8H,7H2,1-6H3;2*1H/q+1;;/p-1. The highest BCUT2D eigenvalue weighted by Crippen LogP contribution is 2.08. The molecule has 0 rings (SSSR count). The van der Waals surface area contributed by atoms with Gasteiger partial charge in [0.25, 0.3) is 0 Å². The molecule has 0 spiro atoms. The molecule has 0 saturated carbocycles. The maximum Gasteiger partial charge on any atom is 0.143 e. The van der Waals surface area contributed by atoms with Crippen LogP contribution in [0.3, 0.4) is 0 Å². The molecule has 1 atom stereocenters. The quantitative estimate of drug-likeness (QED) is 0.407. The van der Waals surface area contributed by atoms with E-state index in [-0.39, 0.29) is 24.8 Å². The first-order valence-electron chi connectivity index (χ1n) is 3.87. The van der Waals surface area contributed by atoms with Crippen molar-refractivity contribution in [1.29, 1.82) is 0 Å². The van der Waals surface area contributed by atoms with E-state index in [4.69, 9.17) is 0 Å². The predicted octanol–water partition coefficient (Wildman–Crippen LogP) is -1.58. The van der Waals surface area contributed by atoms with E-state index in [1.165, 1.54) is 6.42 Å². The zero-order valence-corrected chi connectivity index (χ0v) is 10.5. The molecule has 12 heavy (non-hydrogen) atoms. The maximum absolute atomic E-state index is 2.28. The Hall–Kier alpha value is 0.500.